The Kier molecular flexibility index (Phi) is 7.07. The second-order valence-electron chi connectivity index (χ2n) is 7.30. The van der Waals surface area contributed by atoms with Crippen LogP contribution in [0.5, 0.6) is 5.75 Å². The number of carbonyl (C=O) groups excluding carboxylic acids is 2. The van der Waals surface area contributed by atoms with Gasteiger partial charge in [0, 0.05) is 5.92 Å². The van der Waals surface area contributed by atoms with E-state index in [1.807, 2.05) is 18.2 Å². The van der Waals surface area contributed by atoms with Crippen LogP contribution in [0.15, 0.2) is 42.5 Å². The van der Waals surface area contributed by atoms with Crippen molar-refractivity contribution in [2.75, 3.05) is 14.2 Å². The van der Waals surface area contributed by atoms with Gasteiger partial charge in [0.25, 0.3) is 0 Å². The zero-order valence-corrected chi connectivity index (χ0v) is 17.0. The van der Waals surface area contributed by atoms with Crippen LogP contribution in [0.2, 0.25) is 0 Å². The molecule has 0 aliphatic heterocycles. The van der Waals surface area contributed by atoms with Crippen molar-refractivity contribution in [2.45, 2.75) is 44.0 Å². The maximum absolute atomic E-state index is 12.5. The maximum atomic E-state index is 12.5. The minimum Gasteiger partial charge on any atom is -0.496 e. The smallest absolute Gasteiger partial charge is 0.341 e. The molecule has 2 unspecified atom stereocenters. The molecule has 30 heavy (non-hydrogen) atoms. The van der Waals surface area contributed by atoms with E-state index < -0.39 is 30.1 Å². The van der Waals surface area contributed by atoms with Gasteiger partial charge in [0.2, 0.25) is 0 Å². The third kappa shape index (κ3) is 4.80. The van der Waals surface area contributed by atoms with Gasteiger partial charge in [-0.05, 0) is 41.7 Å². The molecule has 1 aliphatic carbocycles. The molecule has 0 aromatic heterocycles. The summed E-state index contributed by atoms with van der Waals surface area (Å²) in [6, 6.07) is 12.2. The molecule has 2 aromatic carbocycles. The molecule has 3 rings (SSSR count). The van der Waals surface area contributed by atoms with Crippen molar-refractivity contribution in [3.8, 4) is 5.75 Å². The van der Waals surface area contributed by atoms with E-state index in [0.29, 0.717) is 24.2 Å². The lowest BCUT2D eigenvalue weighted by Crippen LogP contribution is -2.22. The molecule has 1 aliphatic rings. The fourth-order valence-corrected chi connectivity index (χ4v) is 3.88. The summed E-state index contributed by atoms with van der Waals surface area (Å²) in [5.41, 5.74) is 2.37. The number of hydrogen-bond acceptors (Lipinski definition) is 7. The van der Waals surface area contributed by atoms with Gasteiger partial charge in [0.05, 0.1) is 32.8 Å². The highest BCUT2D eigenvalue weighted by molar-refractivity contribution is 5.92. The number of aliphatic hydroxyl groups excluding tert-OH is 2. The highest BCUT2D eigenvalue weighted by Crippen LogP contribution is 2.36. The van der Waals surface area contributed by atoms with E-state index in [1.165, 1.54) is 14.2 Å². The van der Waals surface area contributed by atoms with E-state index in [-0.39, 0.29) is 18.6 Å². The van der Waals surface area contributed by atoms with E-state index in [1.54, 1.807) is 24.3 Å². The van der Waals surface area contributed by atoms with Crippen LogP contribution in [0.3, 0.4) is 0 Å². The summed E-state index contributed by atoms with van der Waals surface area (Å²) in [6.07, 6.45) is -0.178. The van der Waals surface area contributed by atoms with Crippen LogP contribution in [-0.4, -0.2) is 48.6 Å². The molecule has 7 heteroatoms. The van der Waals surface area contributed by atoms with Crippen LogP contribution >= 0.6 is 0 Å². The molecule has 1 saturated carbocycles. The Hall–Kier alpha value is -2.90. The van der Waals surface area contributed by atoms with Crippen molar-refractivity contribution in [3.63, 3.8) is 0 Å². The molecule has 2 N–H and O–H groups in total. The second-order valence-corrected chi connectivity index (χ2v) is 7.30. The lowest BCUT2D eigenvalue weighted by atomic mass is 9.89. The molecule has 2 aromatic rings. The molecule has 0 radical (unpaired) electrons. The van der Waals surface area contributed by atoms with E-state index >= 15 is 0 Å². The van der Waals surface area contributed by atoms with Crippen LogP contribution in [0.25, 0.3) is 0 Å². The minimum atomic E-state index is -0.631. The summed E-state index contributed by atoms with van der Waals surface area (Å²) in [5.74, 6) is -1.01. The summed E-state index contributed by atoms with van der Waals surface area (Å²) in [4.78, 5) is 24.3. The van der Waals surface area contributed by atoms with Crippen molar-refractivity contribution < 1.29 is 34.0 Å². The number of rotatable bonds is 7. The molecule has 0 saturated heterocycles. The number of methoxy groups -OCH3 is 2. The number of hydrogen-bond donors (Lipinski definition) is 2. The number of aliphatic hydroxyl groups is 2. The first-order valence-electron chi connectivity index (χ1n) is 9.79. The first-order chi connectivity index (χ1) is 14.4. The van der Waals surface area contributed by atoms with Gasteiger partial charge in [-0.3, -0.25) is 4.79 Å². The van der Waals surface area contributed by atoms with Crippen LogP contribution in [0, 0.1) is 0 Å². The number of benzene rings is 2. The zero-order valence-electron chi connectivity index (χ0n) is 17.0. The fourth-order valence-electron chi connectivity index (χ4n) is 3.88. The van der Waals surface area contributed by atoms with Crippen LogP contribution in [-0.2, 0) is 27.3 Å². The summed E-state index contributed by atoms with van der Waals surface area (Å²) in [5, 5.41) is 20.5. The lowest BCUT2D eigenvalue weighted by molar-refractivity contribution is -0.144. The first-order valence-corrected chi connectivity index (χ1v) is 9.79. The largest absolute Gasteiger partial charge is 0.496 e. The van der Waals surface area contributed by atoms with Gasteiger partial charge >= 0.3 is 11.9 Å². The van der Waals surface area contributed by atoms with Crippen molar-refractivity contribution in [1.82, 2.24) is 0 Å². The number of ether oxygens (including phenoxy) is 3. The van der Waals surface area contributed by atoms with Crippen LogP contribution in [0.4, 0.5) is 0 Å². The third-order valence-corrected chi connectivity index (χ3v) is 5.41. The molecule has 0 heterocycles. The third-order valence-electron chi connectivity index (χ3n) is 5.41. The van der Waals surface area contributed by atoms with Crippen molar-refractivity contribution >= 4 is 11.9 Å². The Morgan fingerprint density at radius 3 is 2.40 bits per heavy atom. The number of esters is 2. The van der Waals surface area contributed by atoms with Gasteiger partial charge in [0.15, 0.2) is 0 Å². The second kappa shape index (κ2) is 9.73. The Bertz CT molecular complexity index is 898. The van der Waals surface area contributed by atoms with Crippen molar-refractivity contribution in [3.05, 3.63) is 64.7 Å². The van der Waals surface area contributed by atoms with E-state index in [0.717, 1.165) is 11.1 Å². The Balaban J connectivity index is 1.68. The first kappa shape index (κ1) is 21.8. The minimum absolute atomic E-state index is 0.0103. The molecular formula is C23H26O7. The zero-order chi connectivity index (χ0) is 21.7. The maximum Gasteiger partial charge on any atom is 0.341 e. The van der Waals surface area contributed by atoms with Gasteiger partial charge in [0.1, 0.15) is 17.9 Å². The molecule has 2 atom stereocenters. The SMILES string of the molecule is COC(=O)c1cc(COC(=O)Cc2ccccc2C2C(O)CCC2O)ccc1OC. The molecule has 0 bridgehead atoms. The predicted molar refractivity (Wildman–Crippen MR) is 108 cm³/mol. The van der Waals surface area contributed by atoms with E-state index in [2.05, 4.69) is 0 Å². The average Bonchev–Trinajstić information content (AvgIpc) is 3.09. The van der Waals surface area contributed by atoms with Crippen LogP contribution < -0.4 is 4.74 Å². The monoisotopic (exact) mass is 414 g/mol. The molecular weight excluding hydrogens is 388 g/mol. The Labute approximate surface area is 175 Å². The molecule has 1 fully saturated rings. The highest BCUT2D eigenvalue weighted by atomic mass is 16.5. The molecule has 0 spiro atoms. The van der Waals surface area contributed by atoms with Crippen molar-refractivity contribution in [1.29, 1.82) is 0 Å². The lowest BCUT2D eigenvalue weighted by Gasteiger charge is -2.21. The van der Waals surface area contributed by atoms with Gasteiger partial charge in [-0.2, -0.15) is 0 Å². The highest BCUT2D eigenvalue weighted by Gasteiger charge is 2.36. The van der Waals surface area contributed by atoms with E-state index in [9.17, 15) is 19.8 Å². The topological polar surface area (TPSA) is 102 Å². The standard InChI is InChI=1S/C23H26O7/c1-28-20-10-7-14(11-17(20)23(27)29-2)13-30-21(26)12-15-5-3-4-6-16(15)22-18(24)8-9-19(22)25/h3-7,10-11,18-19,22,24-25H,8-9,12-13H2,1-2H3. The molecule has 160 valence electrons. The molecule has 7 nitrogen and oxygen atoms in total. The predicted octanol–water partition coefficient (Wildman–Crippen LogP) is 2.37. The molecule has 0 amide bonds. The normalized spacial score (nSPS) is 20.6. The van der Waals surface area contributed by atoms with Crippen LogP contribution in [0.1, 0.15) is 45.8 Å². The quantitative estimate of drug-likeness (QED) is 0.671. The van der Waals surface area contributed by atoms with Gasteiger partial charge in [-0.25, -0.2) is 4.79 Å². The Morgan fingerprint density at radius 1 is 1.03 bits per heavy atom. The number of carbonyl (C=O) groups is 2. The summed E-state index contributed by atoms with van der Waals surface area (Å²) in [7, 11) is 2.74. The fraction of sp³-hybridized carbons (Fsp3) is 0.391. The average molecular weight is 414 g/mol. The van der Waals surface area contributed by atoms with Gasteiger partial charge in [-0.1, -0.05) is 30.3 Å². The summed E-state index contributed by atoms with van der Waals surface area (Å²) >= 11 is 0. The van der Waals surface area contributed by atoms with Crippen molar-refractivity contribution in [2.24, 2.45) is 0 Å². The Morgan fingerprint density at radius 2 is 1.73 bits per heavy atom. The van der Waals surface area contributed by atoms with Gasteiger partial charge in [-0.15, -0.1) is 0 Å². The van der Waals surface area contributed by atoms with E-state index in [4.69, 9.17) is 14.2 Å². The summed E-state index contributed by atoms with van der Waals surface area (Å²) in [6.45, 7) is -0.0103. The van der Waals surface area contributed by atoms with Gasteiger partial charge < -0.3 is 24.4 Å². The summed E-state index contributed by atoms with van der Waals surface area (Å²) < 4.78 is 15.3.